The van der Waals surface area contributed by atoms with Gasteiger partial charge in [0.2, 0.25) is 11.8 Å². The molecule has 2 aromatic rings. The normalized spacial score (nSPS) is 12.4. The molecule has 168 valence electrons. The van der Waals surface area contributed by atoms with Crippen LogP contribution in [0.2, 0.25) is 0 Å². The van der Waals surface area contributed by atoms with E-state index >= 15 is 0 Å². The van der Waals surface area contributed by atoms with Crippen molar-refractivity contribution in [2.75, 3.05) is 32.3 Å². The molecule has 2 heterocycles. The summed E-state index contributed by atoms with van der Waals surface area (Å²) in [4.78, 5) is 24.6. The number of unbranched alkanes of at least 4 members (excludes halogenated alkanes) is 1. The zero-order valence-electron chi connectivity index (χ0n) is 18.0. The van der Waals surface area contributed by atoms with Crippen molar-refractivity contribution in [3.05, 3.63) is 6.33 Å². The predicted molar refractivity (Wildman–Crippen MR) is 112 cm³/mol. The van der Waals surface area contributed by atoms with Crippen LogP contribution in [-0.2, 0) is 20.8 Å². The Morgan fingerprint density at radius 2 is 2.10 bits per heavy atom. The van der Waals surface area contributed by atoms with E-state index in [0.29, 0.717) is 49.6 Å². The van der Waals surface area contributed by atoms with E-state index in [1.54, 1.807) is 6.33 Å². The first kappa shape index (κ1) is 23.8. The van der Waals surface area contributed by atoms with E-state index in [1.165, 1.54) is 0 Å². The fourth-order valence-electron chi connectivity index (χ4n) is 2.94. The Labute approximate surface area is 176 Å². The van der Waals surface area contributed by atoms with Gasteiger partial charge in [0.1, 0.15) is 6.79 Å². The van der Waals surface area contributed by atoms with E-state index in [4.69, 9.17) is 25.1 Å². The Morgan fingerprint density at radius 3 is 2.80 bits per heavy atom. The number of aromatic nitrogens is 4. The van der Waals surface area contributed by atoms with Crippen LogP contribution in [0.3, 0.4) is 0 Å². The number of carbonyl (C=O) groups is 1. The summed E-state index contributed by atoms with van der Waals surface area (Å²) in [7, 11) is 0. The second-order valence-electron chi connectivity index (χ2n) is 7.63. The maximum Gasteiger partial charge on any atom is 0.306 e. The van der Waals surface area contributed by atoms with E-state index < -0.39 is 0 Å². The third-order valence-electron chi connectivity index (χ3n) is 4.45. The van der Waals surface area contributed by atoms with Crippen LogP contribution in [0.4, 0.5) is 5.95 Å². The highest BCUT2D eigenvalue weighted by Gasteiger charge is 2.18. The van der Waals surface area contributed by atoms with Gasteiger partial charge in [-0.15, -0.1) is 0 Å². The van der Waals surface area contributed by atoms with Crippen LogP contribution in [0, 0.1) is 11.8 Å². The van der Waals surface area contributed by atoms with Gasteiger partial charge in [-0.25, -0.2) is 4.98 Å². The lowest BCUT2D eigenvalue weighted by Crippen LogP contribution is -2.20. The molecule has 0 unspecified atom stereocenters. The molecule has 0 aliphatic carbocycles. The third kappa shape index (κ3) is 7.42. The quantitative estimate of drug-likeness (QED) is 0.266. The monoisotopic (exact) mass is 423 g/mol. The Hall–Kier alpha value is -2.46. The molecule has 30 heavy (non-hydrogen) atoms. The lowest BCUT2D eigenvalue weighted by molar-refractivity contribution is -0.145. The number of hydrogen-bond donors (Lipinski definition) is 2. The number of nitrogens with two attached hydrogens (primary N) is 1. The van der Waals surface area contributed by atoms with E-state index in [0.717, 1.165) is 12.8 Å². The number of nitrogen functional groups attached to an aromatic ring is 1. The van der Waals surface area contributed by atoms with Crippen molar-refractivity contribution in [3.63, 3.8) is 0 Å². The van der Waals surface area contributed by atoms with Crippen LogP contribution < -0.4 is 10.5 Å². The summed E-state index contributed by atoms with van der Waals surface area (Å²) >= 11 is 0. The molecule has 10 heteroatoms. The van der Waals surface area contributed by atoms with Crippen molar-refractivity contribution in [1.29, 1.82) is 0 Å². The number of carbonyl (C=O) groups excluding carboxylic acids is 1. The maximum absolute atomic E-state index is 11.8. The summed E-state index contributed by atoms with van der Waals surface area (Å²) in [6.45, 7) is 7.26. The van der Waals surface area contributed by atoms with Gasteiger partial charge in [0.05, 0.1) is 26.1 Å². The lowest BCUT2D eigenvalue weighted by atomic mass is 10.1. The topological polar surface area (TPSA) is 135 Å². The van der Waals surface area contributed by atoms with Gasteiger partial charge in [0.25, 0.3) is 0 Å². The first-order valence-electron chi connectivity index (χ1n) is 10.4. The van der Waals surface area contributed by atoms with E-state index in [9.17, 15) is 4.79 Å². The molecule has 0 aliphatic rings. The van der Waals surface area contributed by atoms with E-state index in [2.05, 4.69) is 21.9 Å². The van der Waals surface area contributed by atoms with Crippen molar-refractivity contribution in [2.24, 2.45) is 11.8 Å². The summed E-state index contributed by atoms with van der Waals surface area (Å²) in [6.07, 6.45) is 4.53. The number of nitrogens with zero attached hydrogens (tertiary/aromatic N) is 4. The summed E-state index contributed by atoms with van der Waals surface area (Å²) in [6, 6.07) is 0. The maximum atomic E-state index is 11.8. The lowest BCUT2D eigenvalue weighted by Gasteiger charge is -2.17. The molecule has 3 N–H and O–H groups in total. The molecular weight excluding hydrogens is 390 g/mol. The molecular formula is C20H33N5O5. The van der Waals surface area contributed by atoms with Crippen molar-refractivity contribution in [2.45, 2.75) is 53.0 Å². The smallest absolute Gasteiger partial charge is 0.306 e. The minimum absolute atomic E-state index is 0.0259. The zero-order chi connectivity index (χ0) is 21.9. The van der Waals surface area contributed by atoms with E-state index in [-0.39, 0.29) is 37.2 Å². The third-order valence-corrected chi connectivity index (χ3v) is 4.45. The molecule has 0 bridgehead atoms. The second-order valence-corrected chi connectivity index (χ2v) is 7.63. The highest BCUT2D eigenvalue weighted by molar-refractivity contribution is 5.77. The number of imidazole rings is 1. The molecule has 0 spiro atoms. The summed E-state index contributed by atoms with van der Waals surface area (Å²) < 4.78 is 18.1. The van der Waals surface area contributed by atoms with Crippen LogP contribution in [0.5, 0.6) is 5.88 Å². The molecule has 0 saturated heterocycles. The van der Waals surface area contributed by atoms with Gasteiger partial charge in [0, 0.05) is 18.9 Å². The van der Waals surface area contributed by atoms with E-state index in [1.807, 2.05) is 18.4 Å². The number of hydrogen-bond acceptors (Lipinski definition) is 9. The van der Waals surface area contributed by atoms with Crippen molar-refractivity contribution in [3.8, 4) is 5.88 Å². The Bertz CT molecular complexity index is 795. The van der Waals surface area contributed by atoms with Crippen molar-refractivity contribution >= 4 is 23.1 Å². The fourth-order valence-corrected chi connectivity index (χ4v) is 2.94. The standard InChI is InChI=1S/C20H33N5O5/c1-4-5-7-30-19-17-18(23-20(21)24-19)25(12-22-17)10-15(11-28-13-26)6-8-29-16(27)9-14(2)3/h12,14-15,26H,4-11,13H2,1-3H3,(H2,21,23,24)/t15-/m1/s1. The average Bonchev–Trinajstić information content (AvgIpc) is 3.08. The largest absolute Gasteiger partial charge is 0.476 e. The molecule has 0 saturated carbocycles. The molecule has 1 atom stereocenters. The predicted octanol–water partition coefficient (Wildman–Crippen LogP) is 2.15. The number of aliphatic hydroxyl groups excluding tert-OH is 1. The first-order chi connectivity index (χ1) is 14.4. The SMILES string of the molecule is CCCCOc1nc(N)nc2c1ncn2C[C@@H](CCOC(=O)CC(C)C)COCO. The number of esters is 1. The summed E-state index contributed by atoms with van der Waals surface area (Å²) in [5.41, 5.74) is 6.98. The number of anilines is 1. The van der Waals surface area contributed by atoms with Gasteiger partial charge in [0.15, 0.2) is 11.2 Å². The van der Waals surface area contributed by atoms with Crippen LogP contribution >= 0.6 is 0 Å². The van der Waals surface area contributed by atoms with Crippen LogP contribution in [0.25, 0.3) is 11.2 Å². The van der Waals surface area contributed by atoms with Crippen LogP contribution in [0.1, 0.15) is 46.5 Å². The summed E-state index contributed by atoms with van der Waals surface area (Å²) in [5.74, 6) is 0.496. The molecule has 10 nitrogen and oxygen atoms in total. The second kappa shape index (κ2) is 12.3. The molecule has 0 aromatic carbocycles. The minimum atomic E-state index is -0.376. The number of aliphatic hydroxyl groups is 1. The van der Waals surface area contributed by atoms with Crippen LogP contribution in [0.15, 0.2) is 6.33 Å². The van der Waals surface area contributed by atoms with Gasteiger partial charge >= 0.3 is 5.97 Å². The van der Waals surface area contributed by atoms with Gasteiger partial charge in [-0.05, 0) is 18.8 Å². The Kier molecular flexibility index (Phi) is 9.75. The molecule has 2 aromatic heterocycles. The molecule has 0 amide bonds. The number of rotatable bonds is 14. The fraction of sp³-hybridized carbons (Fsp3) is 0.700. The van der Waals surface area contributed by atoms with Crippen LogP contribution in [-0.4, -0.2) is 57.2 Å². The first-order valence-corrected chi connectivity index (χ1v) is 10.4. The van der Waals surface area contributed by atoms with Gasteiger partial charge in [-0.3, -0.25) is 4.79 Å². The molecule has 2 rings (SSSR count). The van der Waals surface area contributed by atoms with Crippen molar-refractivity contribution in [1.82, 2.24) is 19.5 Å². The molecule has 0 radical (unpaired) electrons. The Balaban J connectivity index is 2.08. The summed E-state index contributed by atoms with van der Waals surface area (Å²) in [5, 5.41) is 9.02. The highest BCUT2D eigenvalue weighted by atomic mass is 16.6. The molecule has 0 fully saturated rings. The van der Waals surface area contributed by atoms with Gasteiger partial charge < -0.3 is 29.6 Å². The van der Waals surface area contributed by atoms with Gasteiger partial charge in [-0.1, -0.05) is 27.2 Å². The molecule has 0 aliphatic heterocycles. The Morgan fingerprint density at radius 1 is 1.30 bits per heavy atom. The van der Waals surface area contributed by atoms with Crippen molar-refractivity contribution < 1.29 is 24.1 Å². The number of ether oxygens (including phenoxy) is 3. The average molecular weight is 424 g/mol. The minimum Gasteiger partial charge on any atom is -0.476 e. The number of fused-ring (bicyclic) bond motifs is 1. The zero-order valence-corrected chi connectivity index (χ0v) is 18.0. The highest BCUT2D eigenvalue weighted by Crippen LogP contribution is 2.23. The van der Waals surface area contributed by atoms with Gasteiger partial charge in [-0.2, -0.15) is 9.97 Å².